The normalized spacial score (nSPS) is 11.1. The van der Waals surface area contributed by atoms with Gasteiger partial charge in [0, 0.05) is 26.2 Å². The van der Waals surface area contributed by atoms with Crippen molar-refractivity contribution in [1.29, 1.82) is 0 Å². The highest BCUT2D eigenvalue weighted by atomic mass is 32.1. The Kier molecular flexibility index (Phi) is 8.27. The molecule has 4 nitrogen and oxygen atoms in total. The molecule has 1 rings (SSSR count). The van der Waals surface area contributed by atoms with E-state index in [1.54, 1.807) is 7.11 Å². The Hall–Kier alpha value is -1.17. The smallest absolute Gasteiger partial charge is 0.129 e. The Morgan fingerprint density at radius 3 is 2.57 bits per heavy atom. The van der Waals surface area contributed by atoms with Crippen molar-refractivity contribution in [3.63, 3.8) is 0 Å². The third-order valence-corrected chi connectivity index (χ3v) is 3.53. The van der Waals surface area contributed by atoms with E-state index in [-0.39, 0.29) is 0 Å². The monoisotopic (exact) mass is 310 g/mol. The molecule has 21 heavy (non-hydrogen) atoms. The molecule has 0 heterocycles. The summed E-state index contributed by atoms with van der Waals surface area (Å²) in [6.07, 6.45) is 0.952. The molecule has 0 spiro atoms. The van der Waals surface area contributed by atoms with Gasteiger partial charge >= 0.3 is 0 Å². The molecule has 118 valence electrons. The van der Waals surface area contributed by atoms with E-state index in [1.165, 1.54) is 0 Å². The van der Waals surface area contributed by atoms with E-state index in [4.69, 9.17) is 27.4 Å². The minimum atomic E-state index is 0.370. The predicted molar refractivity (Wildman–Crippen MR) is 91.0 cm³/mol. The lowest BCUT2D eigenvalue weighted by Gasteiger charge is -2.26. The van der Waals surface area contributed by atoms with E-state index in [1.807, 2.05) is 24.3 Å². The first-order valence-electron chi connectivity index (χ1n) is 7.31. The Morgan fingerprint density at radius 1 is 1.24 bits per heavy atom. The number of hydrogen-bond acceptors (Lipinski definition) is 4. The van der Waals surface area contributed by atoms with Gasteiger partial charge in [-0.05, 0) is 32.4 Å². The van der Waals surface area contributed by atoms with Gasteiger partial charge in [-0.3, -0.25) is 4.90 Å². The Morgan fingerprint density at radius 2 is 1.95 bits per heavy atom. The fraction of sp³-hybridized carbons (Fsp3) is 0.562. The van der Waals surface area contributed by atoms with Crippen LogP contribution in [0.2, 0.25) is 0 Å². The fourth-order valence-corrected chi connectivity index (χ4v) is 2.25. The summed E-state index contributed by atoms with van der Waals surface area (Å²) in [6, 6.07) is 8.13. The molecule has 0 radical (unpaired) electrons. The van der Waals surface area contributed by atoms with Crippen LogP contribution in [0, 0.1) is 0 Å². The molecule has 5 heteroatoms. The lowest BCUT2D eigenvalue weighted by atomic mass is 10.2. The lowest BCUT2D eigenvalue weighted by Crippen LogP contribution is -2.35. The molecule has 0 aromatic heterocycles. The quantitative estimate of drug-likeness (QED) is 0.531. The Balaban J connectivity index is 2.41. The third kappa shape index (κ3) is 6.42. The van der Waals surface area contributed by atoms with Crippen LogP contribution in [0.3, 0.4) is 0 Å². The molecule has 0 amide bonds. The van der Waals surface area contributed by atoms with Gasteiger partial charge in [0.1, 0.15) is 10.7 Å². The second-order valence-electron chi connectivity index (χ2n) is 5.18. The number of nitrogens with zero attached hydrogens (tertiary/aromatic N) is 1. The molecule has 0 aliphatic rings. The summed E-state index contributed by atoms with van der Waals surface area (Å²) >= 11 is 5.03. The maximum absolute atomic E-state index is 5.81. The molecule has 0 aliphatic heterocycles. The second kappa shape index (κ2) is 9.71. The molecule has 0 fully saturated rings. The zero-order valence-corrected chi connectivity index (χ0v) is 14.0. The van der Waals surface area contributed by atoms with E-state index in [2.05, 4.69) is 18.7 Å². The molecular formula is C16H26N2O2S. The van der Waals surface area contributed by atoms with E-state index < -0.39 is 0 Å². The Bertz CT molecular complexity index is 438. The number of hydrogen-bond donors (Lipinski definition) is 1. The van der Waals surface area contributed by atoms with Gasteiger partial charge in [0.15, 0.2) is 0 Å². The number of rotatable bonds is 10. The topological polar surface area (TPSA) is 47.7 Å². The van der Waals surface area contributed by atoms with Crippen LogP contribution in [0.25, 0.3) is 0 Å². The van der Waals surface area contributed by atoms with Gasteiger partial charge in [0.05, 0.1) is 18.8 Å². The third-order valence-electron chi connectivity index (χ3n) is 3.31. The maximum Gasteiger partial charge on any atom is 0.129 e. The van der Waals surface area contributed by atoms with Crippen molar-refractivity contribution in [2.45, 2.75) is 26.3 Å². The van der Waals surface area contributed by atoms with Crippen LogP contribution in [0.15, 0.2) is 24.3 Å². The van der Waals surface area contributed by atoms with Gasteiger partial charge in [0.2, 0.25) is 0 Å². The van der Waals surface area contributed by atoms with Crippen LogP contribution in [0.5, 0.6) is 5.75 Å². The van der Waals surface area contributed by atoms with Crippen LogP contribution in [0.1, 0.15) is 25.8 Å². The second-order valence-corrected chi connectivity index (χ2v) is 5.62. The van der Waals surface area contributed by atoms with Crippen LogP contribution in [0.4, 0.5) is 0 Å². The molecule has 1 aromatic carbocycles. The van der Waals surface area contributed by atoms with Crippen LogP contribution < -0.4 is 10.5 Å². The Labute approximate surface area is 133 Å². The number of thiocarbonyl (C=S) groups is 1. The molecule has 0 saturated carbocycles. The van der Waals surface area contributed by atoms with E-state index >= 15 is 0 Å². The standard InChI is InChI=1S/C16H26N2O2S/c1-13(2)18(10-12-19-3)9-6-11-20-15-8-5-4-7-14(15)16(17)21/h4-5,7-8,13H,6,9-12H2,1-3H3,(H2,17,21). The number of methoxy groups -OCH3 is 1. The molecule has 1 aromatic rings. The zero-order chi connectivity index (χ0) is 15.7. The summed E-state index contributed by atoms with van der Waals surface area (Å²) < 4.78 is 10.9. The average Bonchev–Trinajstić information content (AvgIpc) is 2.46. The first-order chi connectivity index (χ1) is 10.1. The van der Waals surface area contributed by atoms with E-state index in [0.29, 0.717) is 17.6 Å². The van der Waals surface area contributed by atoms with Crippen LogP contribution in [-0.2, 0) is 4.74 Å². The summed E-state index contributed by atoms with van der Waals surface area (Å²) in [6.45, 7) is 7.71. The highest BCUT2D eigenvalue weighted by molar-refractivity contribution is 7.80. The summed E-state index contributed by atoms with van der Waals surface area (Å²) in [5, 5.41) is 0. The summed E-state index contributed by atoms with van der Waals surface area (Å²) in [5.41, 5.74) is 6.49. The van der Waals surface area contributed by atoms with Crippen molar-refractivity contribution in [1.82, 2.24) is 4.90 Å². The fourth-order valence-electron chi connectivity index (χ4n) is 2.08. The van der Waals surface area contributed by atoms with Gasteiger partial charge in [-0.1, -0.05) is 24.4 Å². The molecule has 0 aliphatic carbocycles. The highest BCUT2D eigenvalue weighted by Gasteiger charge is 2.09. The average molecular weight is 310 g/mol. The molecule has 0 bridgehead atoms. The first-order valence-corrected chi connectivity index (χ1v) is 7.71. The van der Waals surface area contributed by atoms with Crippen molar-refractivity contribution in [2.75, 3.05) is 33.4 Å². The molecule has 0 atom stereocenters. The first kappa shape index (κ1) is 17.9. The van der Waals surface area contributed by atoms with Gasteiger partial charge in [0.25, 0.3) is 0 Å². The summed E-state index contributed by atoms with van der Waals surface area (Å²) in [7, 11) is 1.73. The van der Waals surface area contributed by atoms with E-state index in [9.17, 15) is 0 Å². The van der Waals surface area contributed by atoms with Gasteiger partial charge < -0.3 is 15.2 Å². The minimum absolute atomic E-state index is 0.370. The summed E-state index contributed by atoms with van der Waals surface area (Å²) in [4.78, 5) is 2.75. The minimum Gasteiger partial charge on any atom is -0.493 e. The predicted octanol–water partition coefficient (Wildman–Crippen LogP) is 2.45. The molecule has 2 N–H and O–H groups in total. The van der Waals surface area contributed by atoms with E-state index in [0.717, 1.165) is 37.4 Å². The molecule has 0 saturated heterocycles. The van der Waals surface area contributed by atoms with Crippen molar-refractivity contribution in [2.24, 2.45) is 5.73 Å². The molecule has 0 unspecified atom stereocenters. The summed E-state index contributed by atoms with van der Waals surface area (Å²) in [5.74, 6) is 0.762. The van der Waals surface area contributed by atoms with Gasteiger partial charge in [-0.25, -0.2) is 0 Å². The number of benzene rings is 1. The number of para-hydroxylation sites is 1. The zero-order valence-electron chi connectivity index (χ0n) is 13.2. The lowest BCUT2D eigenvalue weighted by molar-refractivity contribution is 0.124. The van der Waals surface area contributed by atoms with Crippen LogP contribution in [-0.4, -0.2) is 49.3 Å². The van der Waals surface area contributed by atoms with Crippen molar-refractivity contribution < 1.29 is 9.47 Å². The van der Waals surface area contributed by atoms with Gasteiger partial charge in [-0.2, -0.15) is 0 Å². The van der Waals surface area contributed by atoms with Crippen molar-refractivity contribution in [3.8, 4) is 5.75 Å². The van der Waals surface area contributed by atoms with Crippen LogP contribution >= 0.6 is 12.2 Å². The number of nitrogens with two attached hydrogens (primary N) is 1. The maximum atomic E-state index is 5.81. The molecular weight excluding hydrogens is 284 g/mol. The van der Waals surface area contributed by atoms with Crippen molar-refractivity contribution in [3.05, 3.63) is 29.8 Å². The van der Waals surface area contributed by atoms with Gasteiger partial charge in [-0.15, -0.1) is 0 Å². The van der Waals surface area contributed by atoms with Crippen molar-refractivity contribution >= 4 is 17.2 Å². The SMILES string of the molecule is COCCN(CCCOc1ccccc1C(N)=S)C(C)C. The highest BCUT2D eigenvalue weighted by Crippen LogP contribution is 2.17. The largest absolute Gasteiger partial charge is 0.493 e. The number of ether oxygens (including phenoxy) is 2.